The molecule has 518 valence electrons. The first kappa shape index (κ1) is 88.2. The number of carbonyl (C=O) groups excluding carboxylic acids is 2. The Kier molecular flexibility index (Phi) is 42.3. The zero-order chi connectivity index (χ0) is 69.6. The van der Waals surface area contributed by atoms with E-state index >= 15 is 0 Å². The van der Waals surface area contributed by atoms with Gasteiger partial charge in [-0.3, -0.25) is 14.7 Å². The lowest BCUT2D eigenvalue weighted by Gasteiger charge is -2.30. The molecule has 2 fully saturated rings. The number of ketones is 1. The molecule has 0 radical (unpaired) electrons. The monoisotopic (exact) mass is 1510 g/mol. The number of benzene rings is 5. The van der Waals surface area contributed by atoms with Gasteiger partial charge in [0.15, 0.2) is 5.78 Å². The van der Waals surface area contributed by atoms with Crippen LogP contribution in [0.2, 0.25) is 0 Å². The third-order valence-electron chi connectivity index (χ3n) is 12.8. The van der Waals surface area contributed by atoms with Gasteiger partial charge in [-0.25, -0.2) is 60.8 Å². The summed E-state index contributed by atoms with van der Waals surface area (Å²) in [5.74, 6) is -3.53. The van der Waals surface area contributed by atoms with Gasteiger partial charge in [0.05, 0.1) is 47.0 Å². The molecule has 27 heteroatoms. The Balaban J connectivity index is 0.00000108. The fourth-order valence-electron chi connectivity index (χ4n) is 7.84. The number of Topliss-reactive ketones (excluding diaryl/α,β-unsaturated/α-hetero) is 1. The van der Waals surface area contributed by atoms with Gasteiger partial charge in [0.2, 0.25) is 5.91 Å². The van der Waals surface area contributed by atoms with Crippen LogP contribution in [0.1, 0.15) is 178 Å². The van der Waals surface area contributed by atoms with E-state index in [2.05, 4.69) is 20.3 Å². The van der Waals surface area contributed by atoms with Gasteiger partial charge in [0, 0.05) is 62.2 Å². The van der Waals surface area contributed by atoms with E-state index in [0.717, 1.165) is 105 Å². The van der Waals surface area contributed by atoms with Crippen LogP contribution in [-0.4, -0.2) is 91.8 Å². The lowest BCUT2D eigenvalue weighted by Crippen LogP contribution is -2.37. The molecule has 5 aromatic rings. The first-order chi connectivity index (χ1) is 42.3. The lowest BCUT2D eigenvalue weighted by molar-refractivity contribution is -0.128. The second-order valence-corrected chi connectivity index (χ2v) is 31.6. The zero-order valence-electron chi connectivity index (χ0n) is 53.5. The second kappa shape index (κ2) is 44.1. The number of alkyl halides is 3. The van der Waals surface area contributed by atoms with E-state index in [1.54, 1.807) is 44.1 Å². The van der Waals surface area contributed by atoms with Crippen LogP contribution in [0, 0.1) is 58.2 Å². The van der Waals surface area contributed by atoms with E-state index in [-0.39, 0.29) is 74.4 Å². The van der Waals surface area contributed by atoms with Gasteiger partial charge in [-0.15, -0.1) is 47.2 Å². The van der Waals surface area contributed by atoms with Crippen LogP contribution in [0.4, 0.5) is 43.9 Å². The SMILES string of the molecule is CC(C)(C)[S@@](N)=O.CC(C)(C)[S@](=O)N1CCC[C@@H]1c1cc(F)ccc1F.CC(C)(C)[S@](=O)N=C(CCCCl)c1cc(F)ccc1F.CN(C)C(=O)CCCCl.Cl.Fc1ccc(F)c(Br)c1.Fc1ccc(F)c(C2CCCC2)c1.O=C(CCCCl)c1cc(F)ccc1F. The summed E-state index contributed by atoms with van der Waals surface area (Å²) >= 11 is 19.2. The Morgan fingerprint density at radius 2 is 0.957 bits per heavy atom. The highest BCUT2D eigenvalue weighted by molar-refractivity contribution is 9.10. The van der Waals surface area contributed by atoms with E-state index in [9.17, 15) is 66.1 Å². The summed E-state index contributed by atoms with van der Waals surface area (Å²) in [7, 11) is -0.434. The molecular weight excluding hydrogens is 1420 g/mol. The Hall–Kier alpha value is -3.78. The number of carbonyl (C=O) groups is 2. The zero-order valence-corrected chi connectivity index (χ0v) is 60.6. The molecule has 0 spiro atoms. The van der Waals surface area contributed by atoms with Gasteiger partial charge in [-0.1, -0.05) is 12.8 Å². The molecule has 1 heterocycles. The van der Waals surface area contributed by atoms with Crippen molar-refractivity contribution in [1.29, 1.82) is 0 Å². The highest BCUT2D eigenvalue weighted by atomic mass is 79.9. The third-order valence-corrected chi connectivity index (χ3v) is 18.7. The number of nitrogens with zero attached hydrogens (tertiary/aromatic N) is 3. The second-order valence-electron chi connectivity index (χ2n) is 23.7. The van der Waals surface area contributed by atoms with Gasteiger partial charge >= 0.3 is 0 Å². The number of halogens is 15. The molecule has 2 N–H and O–H groups in total. The van der Waals surface area contributed by atoms with Crippen LogP contribution < -0.4 is 5.14 Å². The van der Waals surface area contributed by atoms with Crippen molar-refractivity contribution in [2.45, 2.75) is 166 Å². The molecule has 4 atom stereocenters. The topological polar surface area (TPSA) is 130 Å². The lowest BCUT2D eigenvalue weighted by atomic mass is 9.97. The minimum Gasteiger partial charge on any atom is -0.349 e. The van der Waals surface area contributed by atoms with Gasteiger partial charge in [-0.05, 0) is 232 Å². The molecule has 1 saturated carbocycles. The van der Waals surface area contributed by atoms with Crippen LogP contribution in [0.3, 0.4) is 0 Å². The van der Waals surface area contributed by atoms with Crippen molar-refractivity contribution in [2.24, 2.45) is 9.54 Å². The van der Waals surface area contributed by atoms with Crippen LogP contribution in [0.15, 0.2) is 99.9 Å². The summed E-state index contributed by atoms with van der Waals surface area (Å²) < 4.78 is 170. The van der Waals surface area contributed by atoms with Crippen LogP contribution >= 0.6 is 63.1 Å². The molecule has 1 amide bonds. The first-order valence-corrected chi connectivity index (χ1v) is 34.8. The smallest absolute Gasteiger partial charge is 0.222 e. The number of hydrogen-bond donors (Lipinski definition) is 1. The molecule has 0 unspecified atom stereocenters. The van der Waals surface area contributed by atoms with Crippen LogP contribution in [0.25, 0.3) is 0 Å². The molecule has 2 aliphatic rings. The highest BCUT2D eigenvalue weighted by Gasteiger charge is 2.37. The molecule has 7 rings (SSSR count). The van der Waals surface area contributed by atoms with Gasteiger partial charge in [0.25, 0.3) is 0 Å². The molecule has 9 nitrogen and oxygen atoms in total. The number of nitrogens with two attached hydrogens (primary N) is 1. The molecule has 92 heavy (non-hydrogen) atoms. The predicted molar refractivity (Wildman–Crippen MR) is 364 cm³/mol. The number of rotatable bonds is 15. The summed E-state index contributed by atoms with van der Waals surface area (Å²) in [6.07, 6.45) is 8.70. The fourth-order valence-corrected chi connectivity index (χ4v) is 10.7. The molecule has 0 bridgehead atoms. The summed E-state index contributed by atoms with van der Waals surface area (Å²) in [5, 5.41) is 5.04. The highest BCUT2D eigenvalue weighted by Crippen LogP contribution is 2.38. The van der Waals surface area contributed by atoms with Crippen molar-refractivity contribution in [3.05, 3.63) is 176 Å². The number of amides is 1. The largest absolute Gasteiger partial charge is 0.349 e. The summed E-state index contributed by atoms with van der Waals surface area (Å²) in [5.41, 5.74) is 1.02. The summed E-state index contributed by atoms with van der Waals surface area (Å²) in [6, 6.07) is 16.1. The average Bonchev–Trinajstić information content (AvgIpc) is 1.59. The van der Waals surface area contributed by atoms with Gasteiger partial charge in [0.1, 0.15) is 80.1 Å². The quantitative estimate of drug-likeness (QED) is 0.0367. The molecular formula is C65H85BrCl4F10N4O5S3. The average molecular weight is 1510 g/mol. The minimum atomic E-state index is -1.53. The van der Waals surface area contributed by atoms with Crippen LogP contribution in [0.5, 0.6) is 0 Å². The Labute approximate surface area is 574 Å². The van der Waals surface area contributed by atoms with Crippen molar-refractivity contribution in [3.8, 4) is 0 Å². The molecule has 5 aromatic carbocycles. The van der Waals surface area contributed by atoms with Crippen molar-refractivity contribution in [1.82, 2.24) is 9.21 Å². The standard InChI is InChI=1S/C14H18ClF2NOS.C14H19F2NOS.C11H12F2.C10H9ClF2O.C6H3BrF2.C6H12ClNO.C4H11NOS.ClH/c1-14(2,3)20(19)18-13(5-4-8-15)11-9-10(16)6-7-12(11)17;1-14(2,3)19(18)17-8-4-5-13(17)11-9-10(15)6-7-12(11)16;12-9-5-6-11(13)10(7-9)8-3-1-2-4-8;11-5-1-2-10(14)8-6-7(12)3-4-9(8)13;7-5-3-4(8)1-2-6(5)9;1-8(2)6(9)4-3-5-7;1-4(2,3)7(5)6;/h6-7,9H,4-5,8H2,1-3H3;6-7,9,13H,4-5,8H2,1-3H3;5-8H,1-4H2;3-4,6H,1-2,5H2;1-3H;3-5H2,1-2H3;5H2,1-3H3;1H/t20-;13-,19+;;;;;7-;/m01....0./s1. The van der Waals surface area contributed by atoms with Gasteiger partial charge < -0.3 is 4.90 Å². The number of hydrogen-bond acceptors (Lipinski definition) is 5. The summed E-state index contributed by atoms with van der Waals surface area (Å²) in [4.78, 5) is 23.7. The normalized spacial score (nSPS) is 15.0. The van der Waals surface area contributed by atoms with E-state index < -0.39 is 94.8 Å². The van der Waals surface area contributed by atoms with Crippen molar-refractivity contribution in [2.75, 3.05) is 38.3 Å². The van der Waals surface area contributed by atoms with E-state index in [0.29, 0.717) is 67.4 Å². The first-order valence-electron chi connectivity index (χ1n) is 29.0. The van der Waals surface area contributed by atoms with Crippen molar-refractivity contribution in [3.63, 3.8) is 0 Å². The van der Waals surface area contributed by atoms with E-state index in [4.69, 9.17) is 39.9 Å². The summed E-state index contributed by atoms with van der Waals surface area (Å²) in [6.45, 7) is 17.1. The molecule has 1 aliphatic carbocycles. The molecule has 0 aromatic heterocycles. The van der Waals surface area contributed by atoms with Crippen molar-refractivity contribution >= 4 is 113 Å². The van der Waals surface area contributed by atoms with Gasteiger partial charge in [-0.2, -0.15) is 4.40 Å². The Bertz CT molecular complexity index is 3190. The third kappa shape index (κ3) is 33.7. The Morgan fingerprint density at radius 3 is 1.39 bits per heavy atom. The van der Waals surface area contributed by atoms with Crippen molar-refractivity contribution < 1.29 is 66.1 Å². The van der Waals surface area contributed by atoms with E-state index in [1.807, 2.05) is 41.5 Å². The minimum absolute atomic E-state index is 0. The Morgan fingerprint density at radius 1 is 0.554 bits per heavy atom. The molecule has 1 aliphatic heterocycles. The maximum Gasteiger partial charge on any atom is 0.222 e. The van der Waals surface area contributed by atoms with Crippen LogP contribution in [-0.2, 0) is 37.8 Å². The maximum absolute atomic E-state index is 13.9. The maximum atomic E-state index is 13.9. The predicted octanol–water partition coefficient (Wildman–Crippen LogP) is 19.2. The van der Waals surface area contributed by atoms with E-state index in [1.165, 1.54) is 24.3 Å². The molecule has 1 saturated heterocycles. The fraction of sp³-hybridized carbons (Fsp3) is 0.492.